The second-order valence-corrected chi connectivity index (χ2v) is 5.21. The van der Waals surface area contributed by atoms with E-state index in [0.717, 1.165) is 5.56 Å². The first-order valence-electron chi connectivity index (χ1n) is 6.83. The molecule has 0 radical (unpaired) electrons. The minimum Gasteiger partial charge on any atom is -0.508 e. The predicted octanol–water partition coefficient (Wildman–Crippen LogP) is 3.12. The summed E-state index contributed by atoms with van der Waals surface area (Å²) in [5.41, 5.74) is 8.54. The van der Waals surface area contributed by atoms with Gasteiger partial charge in [-0.1, -0.05) is 18.2 Å². The van der Waals surface area contributed by atoms with Crippen molar-refractivity contribution in [2.75, 3.05) is 12.8 Å². The molecular weight excluding hydrogens is 264 g/mol. The smallest absolute Gasteiger partial charge is 0.254 e. The lowest BCUT2D eigenvalue weighted by Gasteiger charge is -2.26. The third-order valence-electron chi connectivity index (χ3n) is 3.83. The molecule has 0 aliphatic rings. The highest BCUT2D eigenvalue weighted by Crippen LogP contribution is 2.25. The van der Waals surface area contributed by atoms with E-state index < -0.39 is 0 Å². The Kier molecular flexibility index (Phi) is 4.17. The number of hydrogen-bond donors (Lipinski definition) is 2. The lowest BCUT2D eigenvalue weighted by Crippen LogP contribution is -2.30. The Bertz CT molecular complexity index is 668. The van der Waals surface area contributed by atoms with Crippen molar-refractivity contribution in [1.29, 1.82) is 0 Å². The number of nitrogens with zero attached hydrogens (tertiary/aromatic N) is 1. The summed E-state index contributed by atoms with van der Waals surface area (Å²) in [4.78, 5) is 14.3. The molecule has 1 unspecified atom stereocenters. The number of anilines is 1. The van der Waals surface area contributed by atoms with E-state index in [1.54, 1.807) is 37.1 Å². The van der Waals surface area contributed by atoms with Gasteiger partial charge < -0.3 is 15.7 Å². The van der Waals surface area contributed by atoms with Gasteiger partial charge in [-0.3, -0.25) is 4.79 Å². The molecule has 2 aromatic rings. The van der Waals surface area contributed by atoms with Crippen LogP contribution in [0.1, 0.15) is 34.5 Å². The van der Waals surface area contributed by atoms with Gasteiger partial charge in [0.2, 0.25) is 0 Å². The Hall–Kier alpha value is -2.49. The molecule has 21 heavy (non-hydrogen) atoms. The fraction of sp³-hybridized carbons (Fsp3) is 0.235. The third kappa shape index (κ3) is 2.99. The standard InChI is InChI=1S/C17H20N2O2/c1-11-15(8-5-9-16(11)20)17(21)19(3)12(2)13-6-4-7-14(18)10-13/h4-10,12,20H,18H2,1-3H3. The van der Waals surface area contributed by atoms with Gasteiger partial charge in [-0.2, -0.15) is 0 Å². The highest BCUT2D eigenvalue weighted by Gasteiger charge is 2.21. The highest BCUT2D eigenvalue weighted by atomic mass is 16.3. The van der Waals surface area contributed by atoms with Gasteiger partial charge >= 0.3 is 0 Å². The second kappa shape index (κ2) is 5.87. The van der Waals surface area contributed by atoms with Gasteiger partial charge in [-0.05, 0) is 43.7 Å². The number of hydrogen-bond acceptors (Lipinski definition) is 3. The number of carbonyl (C=O) groups excluding carboxylic acids is 1. The van der Waals surface area contributed by atoms with Gasteiger partial charge in [0.25, 0.3) is 5.91 Å². The zero-order valence-electron chi connectivity index (χ0n) is 12.5. The summed E-state index contributed by atoms with van der Waals surface area (Å²) in [6, 6.07) is 12.4. The zero-order chi connectivity index (χ0) is 15.6. The van der Waals surface area contributed by atoms with E-state index in [0.29, 0.717) is 16.8 Å². The number of amides is 1. The number of nitrogens with two attached hydrogens (primary N) is 1. The number of nitrogen functional groups attached to an aromatic ring is 1. The SMILES string of the molecule is Cc1c(O)cccc1C(=O)N(C)C(C)c1cccc(N)c1. The first-order chi connectivity index (χ1) is 9.91. The molecular formula is C17H20N2O2. The maximum Gasteiger partial charge on any atom is 0.254 e. The summed E-state index contributed by atoms with van der Waals surface area (Å²) >= 11 is 0. The zero-order valence-corrected chi connectivity index (χ0v) is 12.5. The van der Waals surface area contributed by atoms with E-state index in [4.69, 9.17) is 5.73 Å². The van der Waals surface area contributed by atoms with Crippen LogP contribution in [0.15, 0.2) is 42.5 Å². The minimum atomic E-state index is -0.127. The van der Waals surface area contributed by atoms with Crippen molar-refractivity contribution in [3.05, 3.63) is 59.2 Å². The molecule has 0 aromatic heterocycles. The molecule has 4 heteroatoms. The first kappa shape index (κ1) is 14.9. The van der Waals surface area contributed by atoms with Crippen LogP contribution in [0.3, 0.4) is 0 Å². The normalized spacial score (nSPS) is 12.0. The number of aromatic hydroxyl groups is 1. The fourth-order valence-corrected chi connectivity index (χ4v) is 2.26. The molecule has 0 spiro atoms. The van der Waals surface area contributed by atoms with E-state index in [-0.39, 0.29) is 17.7 Å². The van der Waals surface area contributed by atoms with Crippen LogP contribution < -0.4 is 5.73 Å². The largest absolute Gasteiger partial charge is 0.508 e. The van der Waals surface area contributed by atoms with Crippen LogP contribution in [0, 0.1) is 6.92 Å². The second-order valence-electron chi connectivity index (χ2n) is 5.21. The summed E-state index contributed by atoms with van der Waals surface area (Å²) in [6.45, 7) is 3.69. The molecule has 0 heterocycles. The quantitative estimate of drug-likeness (QED) is 0.851. The fourth-order valence-electron chi connectivity index (χ4n) is 2.26. The number of rotatable bonds is 3. The maximum atomic E-state index is 12.6. The number of phenols is 1. The summed E-state index contributed by atoms with van der Waals surface area (Å²) < 4.78 is 0. The Morgan fingerprint density at radius 3 is 2.57 bits per heavy atom. The lowest BCUT2D eigenvalue weighted by molar-refractivity contribution is 0.0741. The van der Waals surface area contributed by atoms with Crippen molar-refractivity contribution >= 4 is 11.6 Å². The van der Waals surface area contributed by atoms with Crippen LogP contribution in [0.25, 0.3) is 0 Å². The third-order valence-corrected chi connectivity index (χ3v) is 3.83. The maximum absolute atomic E-state index is 12.6. The topological polar surface area (TPSA) is 66.6 Å². The van der Waals surface area contributed by atoms with Crippen LogP contribution in [0.4, 0.5) is 5.69 Å². The first-order valence-corrected chi connectivity index (χ1v) is 6.83. The van der Waals surface area contributed by atoms with E-state index in [2.05, 4.69) is 0 Å². The Labute approximate surface area is 124 Å². The summed E-state index contributed by atoms with van der Waals surface area (Å²) in [5, 5.41) is 9.74. The van der Waals surface area contributed by atoms with Crippen LogP contribution in [0.2, 0.25) is 0 Å². The Morgan fingerprint density at radius 2 is 1.90 bits per heavy atom. The number of phenolic OH excluding ortho intramolecular Hbond substituents is 1. The van der Waals surface area contributed by atoms with Crippen LogP contribution in [-0.4, -0.2) is 23.0 Å². The molecule has 0 aliphatic heterocycles. The van der Waals surface area contributed by atoms with Gasteiger partial charge in [0.05, 0.1) is 6.04 Å². The van der Waals surface area contributed by atoms with Crippen molar-refractivity contribution in [1.82, 2.24) is 4.90 Å². The molecule has 0 aliphatic carbocycles. The molecule has 2 aromatic carbocycles. The van der Waals surface area contributed by atoms with Crippen molar-refractivity contribution in [2.45, 2.75) is 19.9 Å². The summed E-state index contributed by atoms with van der Waals surface area (Å²) in [5.74, 6) is 0.00387. The summed E-state index contributed by atoms with van der Waals surface area (Å²) in [7, 11) is 1.75. The van der Waals surface area contributed by atoms with E-state index in [9.17, 15) is 9.90 Å². The molecule has 0 saturated heterocycles. The molecule has 0 fully saturated rings. The Morgan fingerprint density at radius 1 is 1.24 bits per heavy atom. The van der Waals surface area contributed by atoms with Crippen molar-refractivity contribution < 1.29 is 9.90 Å². The average molecular weight is 284 g/mol. The van der Waals surface area contributed by atoms with E-state index >= 15 is 0 Å². The molecule has 4 nitrogen and oxygen atoms in total. The van der Waals surface area contributed by atoms with Gasteiger partial charge in [0, 0.05) is 23.9 Å². The van der Waals surface area contributed by atoms with Gasteiger partial charge in [-0.25, -0.2) is 0 Å². The van der Waals surface area contributed by atoms with Gasteiger partial charge in [0.15, 0.2) is 0 Å². The van der Waals surface area contributed by atoms with E-state index in [1.165, 1.54) is 0 Å². The summed E-state index contributed by atoms with van der Waals surface area (Å²) in [6.07, 6.45) is 0. The average Bonchev–Trinajstić information content (AvgIpc) is 2.48. The minimum absolute atomic E-state index is 0.109. The van der Waals surface area contributed by atoms with Crippen LogP contribution >= 0.6 is 0 Å². The lowest BCUT2D eigenvalue weighted by atomic mass is 10.0. The highest BCUT2D eigenvalue weighted by molar-refractivity contribution is 5.96. The van der Waals surface area contributed by atoms with Crippen molar-refractivity contribution in [2.24, 2.45) is 0 Å². The molecule has 1 amide bonds. The van der Waals surface area contributed by atoms with Crippen molar-refractivity contribution in [3.63, 3.8) is 0 Å². The van der Waals surface area contributed by atoms with Crippen LogP contribution in [-0.2, 0) is 0 Å². The Balaban J connectivity index is 2.29. The van der Waals surface area contributed by atoms with Gasteiger partial charge in [-0.15, -0.1) is 0 Å². The molecule has 0 saturated carbocycles. The molecule has 1 atom stereocenters. The molecule has 2 rings (SSSR count). The van der Waals surface area contributed by atoms with Gasteiger partial charge in [0.1, 0.15) is 5.75 Å². The number of carbonyl (C=O) groups is 1. The molecule has 110 valence electrons. The van der Waals surface area contributed by atoms with E-state index in [1.807, 2.05) is 31.2 Å². The monoisotopic (exact) mass is 284 g/mol. The number of benzene rings is 2. The molecule has 3 N–H and O–H groups in total. The van der Waals surface area contributed by atoms with Crippen molar-refractivity contribution in [3.8, 4) is 5.75 Å². The van der Waals surface area contributed by atoms with Crippen LogP contribution in [0.5, 0.6) is 5.75 Å². The molecule has 0 bridgehead atoms. The predicted molar refractivity (Wildman–Crippen MR) is 84.2 cm³/mol.